The Morgan fingerprint density at radius 3 is 2.71 bits per heavy atom. The molecule has 2 rings (SSSR count). The lowest BCUT2D eigenvalue weighted by molar-refractivity contribution is 0.763. The maximum absolute atomic E-state index is 4.46. The van der Waals surface area contributed by atoms with E-state index in [0.29, 0.717) is 0 Å². The van der Waals surface area contributed by atoms with Crippen molar-refractivity contribution in [2.45, 2.75) is 26.2 Å². The third-order valence-electron chi connectivity index (χ3n) is 2.47. The van der Waals surface area contributed by atoms with Crippen LogP contribution in [0.2, 0.25) is 0 Å². The fraction of sp³-hybridized carbons (Fsp3) is 0.600. The second kappa shape index (κ2) is 3.85. The van der Waals surface area contributed by atoms with Crippen molar-refractivity contribution in [3.05, 3.63) is 16.0 Å². The van der Waals surface area contributed by atoms with Gasteiger partial charge in [-0.05, 0) is 41.6 Å². The van der Waals surface area contributed by atoms with E-state index in [1.807, 2.05) is 14.0 Å². The first-order valence-corrected chi connectivity index (χ1v) is 5.70. The normalized spacial score (nSPS) is 15.6. The highest BCUT2D eigenvalue weighted by Crippen LogP contribution is 2.32. The van der Waals surface area contributed by atoms with E-state index in [4.69, 9.17) is 0 Å². The van der Waals surface area contributed by atoms with E-state index in [2.05, 4.69) is 31.2 Å². The van der Waals surface area contributed by atoms with Gasteiger partial charge < -0.3 is 5.32 Å². The van der Waals surface area contributed by atoms with E-state index in [1.165, 1.54) is 12.8 Å². The number of anilines is 1. The topological polar surface area (TPSA) is 37.8 Å². The number of rotatable bonds is 3. The quantitative estimate of drug-likeness (QED) is 0.903. The first-order valence-electron chi connectivity index (χ1n) is 4.91. The van der Waals surface area contributed by atoms with Gasteiger partial charge in [-0.25, -0.2) is 9.97 Å². The molecule has 0 bridgehead atoms. The lowest BCUT2D eigenvalue weighted by atomic mass is 10.2. The molecule has 0 atom stereocenters. The van der Waals surface area contributed by atoms with Crippen LogP contribution >= 0.6 is 15.9 Å². The lowest BCUT2D eigenvalue weighted by Gasteiger charge is -2.07. The summed E-state index contributed by atoms with van der Waals surface area (Å²) in [7, 11) is 1.88. The number of nitrogens with one attached hydrogen (secondary N) is 1. The zero-order chi connectivity index (χ0) is 10.1. The van der Waals surface area contributed by atoms with Gasteiger partial charge in [-0.2, -0.15) is 0 Å². The number of aryl methyl sites for hydroxylation is 1. The number of hydrogen-bond donors (Lipinski definition) is 1. The minimum atomic E-state index is 0.834. The van der Waals surface area contributed by atoms with Gasteiger partial charge in [-0.15, -0.1) is 0 Å². The van der Waals surface area contributed by atoms with Crippen molar-refractivity contribution in [2.75, 3.05) is 12.4 Å². The van der Waals surface area contributed by atoms with Crippen LogP contribution in [0, 0.1) is 12.8 Å². The molecule has 0 saturated heterocycles. The summed E-state index contributed by atoms with van der Waals surface area (Å²) >= 11 is 3.47. The van der Waals surface area contributed by atoms with Crippen molar-refractivity contribution in [1.29, 1.82) is 0 Å². The molecule has 0 aromatic carbocycles. The summed E-state index contributed by atoms with van der Waals surface area (Å²) in [6.45, 7) is 2.00. The van der Waals surface area contributed by atoms with Gasteiger partial charge in [-0.3, -0.25) is 0 Å². The van der Waals surface area contributed by atoms with Crippen LogP contribution in [0.1, 0.15) is 24.4 Å². The lowest BCUT2D eigenvalue weighted by Crippen LogP contribution is -2.04. The highest BCUT2D eigenvalue weighted by molar-refractivity contribution is 9.10. The van der Waals surface area contributed by atoms with Gasteiger partial charge >= 0.3 is 0 Å². The molecule has 1 saturated carbocycles. The average molecular weight is 256 g/mol. The van der Waals surface area contributed by atoms with E-state index in [1.54, 1.807) is 0 Å². The van der Waals surface area contributed by atoms with Gasteiger partial charge in [0.1, 0.15) is 11.6 Å². The summed E-state index contributed by atoms with van der Waals surface area (Å²) in [5.74, 6) is 2.70. The zero-order valence-corrected chi connectivity index (χ0v) is 10.1. The minimum Gasteiger partial charge on any atom is -0.372 e. The predicted molar refractivity (Wildman–Crippen MR) is 60.4 cm³/mol. The smallest absolute Gasteiger partial charge is 0.144 e. The minimum absolute atomic E-state index is 0.834. The zero-order valence-electron chi connectivity index (χ0n) is 8.47. The van der Waals surface area contributed by atoms with Crippen molar-refractivity contribution in [3.63, 3.8) is 0 Å². The van der Waals surface area contributed by atoms with Crippen LogP contribution in [0.4, 0.5) is 5.82 Å². The Bertz CT molecular complexity index is 347. The Balaban J connectivity index is 2.27. The predicted octanol–water partition coefficient (Wildman–Crippen LogP) is 2.54. The fourth-order valence-corrected chi connectivity index (χ4v) is 1.83. The van der Waals surface area contributed by atoms with E-state index in [-0.39, 0.29) is 0 Å². The third kappa shape index (κ3) is 2.05. The first kappa shape index (κ1) is 9.90. The van der Waals surface area contributed by atoms with E-state index >= 15 is 0 Å². The molecule has 0 amide bonds. The molecule has 4 heteroatoms. The molecule has 0 radical (unpaired) electrons. The SMILES string of the molecule is CNc1nc(CC2CC2)nc(C)c1Br. The van der Waals surface area contributed by atoms with Crippen LogP contribution in [0.3, 0.4) is 0 Å². The van der Waals surface area contributed by atoms with Crippen LogP contribution < -0.4 is 5.32 Å². The van der Waals surface area contributed by atoms with Gasteiger partial charge in [0.25, 0.3) is 0 Å². The summed E-state index contributed by atoms with van der Waals surface area (Å²) in [4.78, 5) is 8.93. The molecule has 0 unspecified atom stereocenters. The molecule has 1 N–H and O–H groups in total. The summed E-state index contributed by atoms with van der Waals surface area (Å²) < 4.78 is 0.972. The maximum atomic E-state index is 4.46. The molecular formula is C10H14BrN3. The molecule has 1 fully saturated rings. The van der Waals surface area contributed by atoms with Crippen LogP contribution in [-0.4, -0.2) is 17.0 Å². The average Bonchev–Trinajstić information content (AvgIpc) is 2.95. The monoisotopic (exact) mass is 255 g/mol. The van der Waals surface area contributed by atoms with Gasteiger partial charge in [0.2, 0.25) is 0 Å². The van der Waals surface area contributed by atoms with Crippen molar-refractivity contribution in [1.82, 2.24) is 9.97 Å². The van der Waals surface area contributed by atoms with Crippen molar-refractivity contribution in [2.24, 2.45) is 5.92 Å². The molecule has 0 aliphatic heterocycles. The highest BCUT2D eigenvalue weighted by Gasteiger charge is 2.23. The molecule has 1 aromatic heterocycles. The fourth-order valence-electron chi connectivity index (χ4n) is 1.45. The van der Waals surface area contributed by atoms with E-state index in [0.717, 1.165) is 34.1 Å². The van der Waals surface area contributed by atoms with Gasteiger partial charge in [0.15, 0.2) is 0 Å². The Morgan fingerprint density at radius 2 is 2.14 bits per heavy atom. The Kier molecular flexibility index (Phi) is 2.72. The van der Waals surface area contributed by atoms with Gasteiger partial charge in [0, 0.05) is 13.5 Å². The molecule has 14 heavy (non-hydrogen) atoms. The van der Waals surface area contributed by atoms with Crippen LogP contribution in [-0.2, 0) is 6.42 Å². The van der Waals surface area contributed by atoms with Gasteiger partial charge in [0.05, 0.1) is 10.2 Å². The summed E-state index contributed by atoms with van der Waals surface area (Å²) in [6.07, 6.45) is 3.71. The Labute approximate surface area is 92.5 Å². The molecule has 1 aliphatic rings. The number of halogens is 1. The van der Waals surface area contributed by atoms with Gasteiger partial charge in [-0.1, -0.05) is 0 Å². The van der Waals surface area contributed by atoms with Crippen LogP contribution in [0.25, 0.3) is 0 Å². The van der Waals surface area contributed by atoms with Crippen LogP contribution in [0.15, 0.2) is 4.47 Å². The second-order valence-electron chi connectivity index (χ2n) is 3.79. The van der Waals surface area contributed by atoms with E-state index in [9.17, 15) is 0 Å². The number of hydrogen-bond acceptors (Lipinski definition) is 3. The molecular weight excluding hydrogens is 242 g/mol. The Morgan fingerprint density at radius 1 is 1.43 bits per heavy atom. The van der Waals surface area contributed by atoms with Crippen LogP contribution in [0.5, 0.6) is 0 Å². The summed E-state index contributed by atoms with van der Waals surface area (Å²) in [6, 6.07) is 0. The molecule has 3 nitrogen and oxygen atoms in total. The third-order valence-corrected chi connectivity index (χ3v) is 3.42. The largest absolute Gasteiger partial charge is 0.372 e. The number of aromatic nitrogens is 2. The first-order chi connectivity index (χ1) is 6.70. The second-order valence-corrected chi connectivity index (χ2v) is 4.58. The van der Waals surface area contributed by atoms with Crippen molar-refractivity contribution < 1.29 is 0 Å². The molecule has 76 valence electrons. The number of nitrogens with zero attached hydrogens (tertiary/aromatic N) is 2. The summed E-state index contributed by atoms with van der Waals surface area (Å²) in [5.41, 5.74) is 1.01. The maximum Gasteiger partial charge on any atom is 0.144 e. The standard InChI is InChI=1S/C10H14BrN3/c1-6-9(11)10(12-2)14-8(13-6)5-7-3-4-7/h7H,3-5H2,1-2H3,(H,12,13,14). The molecule has 0 spiro atoms. The summed E-state index contributed by atoms with van der Waals surface area (Å²) in [5, 5.41) is 3.07. The molecule has 1 aliphatic carbocycles. The molecule has 1 heterocycles. The Hall–Kier alpha value is -0.640. The van der Waals surface area contributed by atoms with Crippen molar-refractivity contribution >= 4 is 21.7 Å². The van der Waals surface area contributed by atoms with E-state index < -0.39 is 0 Å². The highest BCUT2D eigenvalue weighted by atomic mass is 79.9. The molecule has 1 aromatic rings. The van der Waals surface area contributed by atoms with Crippen molar-refractivity contribution in [3.8, 4) is 0 Å².